The largest absolute Gasteiger partial charge is 0.493 e. The Kier molecular flexibility index (Phi) is 8.62. The van der Waals surface area contributed by atoms with Crippen LogP contribution in [-0.2, 0) is 17.9 Å². The van der Waals surface area contributed by atoms with Crippen molar-refractivity contribution in [2.45, 2.75) is 32.0 Å². The molecule has 1 fully saturated rings. The van der Waals surface area contributed by atoms with Gasteiger partial charge in [-0.15, -0.1) is 0 Å². The average Bonchev–Trinajstić information content (AvgIpc) is 3.69. The van der Waals surface area contributed by atoms with Crippen LogP contribution in [0.25, 0.3) is 11.1 Å². The van der Waals surface area contributed by atoms with Crippen LogP contribution in [0.5, 0.6) is 11.5 Å². The molecule has 1 atom stereocenters. The van der Waals surface area contributed by atoms with Crippen molar-refractivity contribution < 1.29 is 19.4 Å². The highest BCUT2D eigenvalue weighted by Gasteiger charge is 2.23. The molecule has 5 nitrogen and oxygen atoms in total. The lowest BCUT2D eigenvalue weighted by molar-refractivity contribution is -0.110. The van der Waals surface area contributed by atoms with E-state index in [1.165, 1.54) is 12.8 Å². The molecule has 1 aliphatic rings. The molecule has 1 saturated carbocycles. The predicted molar refractivity (Wildman–Crippen MR) is 137 cm³/mol. The van der Waals surface area contributed by atoms with Crippen LogP contribution in [-0.4, -0.2) is 30.6 Å². The molecule has 0 aromatic heterocycles. The van der Waals surface area contributed by atoms with Crippen molar-refractivity contribution >= 4 is 33.8 Å². The Morgan fingerprint density at radius 1 is 1.06 bits per heavy atom. The van der Waals surface area contributed by atoms with E-state index in [2.05, 4.69) is 39.4 Å². The van der Waals surface area contributed by atoms with Gasteiger partial charge in [-0.3, -0.25) is 0 Å². The smallest absolute Gasteiger partial charge is 0.142 e. The van der Waals surface area contributed by atoms with E-state index in [0.717, 1.165) is 26.7 Å². The van der Waals surface area contributed by atoms with Gasteiger partial charge >= 0.3 is 0 Å². The summed E-state index contributed by atoms with van der Waals surface area (Å²) in [6, 6.07) is 19.2. The number of aliphatic hydroxyl groups excluding tert-OH is 1. The standard InChI is InChI=1S/C27H27BrClNO4/c28-27-20(7-4-8-23(27)19-5-2-1-3-6-19)17-34-26-12-25(33-16-18-9-10-18)21(11-24(26)29)13-30-22(14-31)15-32/h1-8,11-12,14,18,22,30,32H,9-10,13,15-17H2. The number of rotatable bonds is 12. The number of aldehydes is 1. The van der Waals surface area contributed by atoms with Gasteiger partial charge in [-0.25, -0.2) is 0 Å². The molecule has 0 radical (unpaired) electrons. The van der Waals surface area contributed by atoms with Gasteiger partial charge in [0, 0.05) is 28.2 Å². The van der Waals surface area contributed by atoms with E-state index in [1.807, 2.05) is 36.4 Å². The minimum absolute atomic E-state index is 0.270. The summed E-state index contributed by atoms with van der Waals surface area (Å²) < 4.78 is 13.2. The molecule has 34 heavy (non-hydrogen) atoms. The van der Waals surface area contributed by atoms with Crippen LogP contribution in [0.4, 0.5) is 0 Å². The molecule has 0 spiro atoms. The van der Waals surface area contributed by atoms with Crippen molar-refractivity contribution in [3.63, 3.8) is 0 Å². The van der Waals surface area contributed by atoms with Crippen LogP contribution in [0.15, 0.2) is 65.1 Å². The molecule has 1 unspecified atom stereocenters. The van der Waals surface area contributed by atoms with E-state index in [-0.39, 0.29) is 6.61 Å². The first-order chi connectivity index (χ1) is 16.6. The molecule has 0 saturated heterocycles. The highest BCUT2D eigenvalue weighted by Crippen LogP contribution is 2.37. The second-order valence-electron chi connectivity index (χ2n) is 8.38. The van der Waals surface area contributed by atoms with Crippen molar-refractivity contribution in [3.05, 3.63) is 81.3 Å². The maximum atomic E-state index is 11.0. The van der Waals surface area contributed by atoms with Gasteiger partial charge in [0.25, 0.3) is 0 Å². The normalized spacial score (nSPS) is 14.0. The van der Waals surface area contributed by atoms with Gasteiger partial charge in [-0.05, 0) is 51.9 Å². The number of aliphatic hydroxyl groups is 1. The van der Waals surface area contributed by atoms with E-state index in [9.17, 15) is 9.90 Å². The summed E-state index contributed by atoms with van der Waals surface area (Å²) in [5.41, 5.74) is 4.03. The molecule has 178 valence electrons. The van der Waals surface area contributed by atoms with E-state index >= 15 is 0 Å². The fourth-order valence-corrected chi connectivity index (χ4v) is 4.38. The maximum absolute atomic E-state index is 11.0. The number of ether oxygens (including phenoxy) is 2. The molecule has 4 rings (SSSR count). The van der Waals surface area contributed by atoms with Crippen LogP contribution in [0.1, 0.15) is 24.0 Å². The summed E-state index contributed by atoms with van der Waals surface area (Å²) in [6.07, 6.45) is 3.04. The Balaban J connectivity index is 1.52. The van der Waals surface area contributed by atoms with Gasteiger partial charge in [0.1, 0.15) is 24.4 Å². The van der Waals surface area contributed by atoms with Crippen LogP contribution < -0.4 is 14.8 Å². The number of hydrogen-bond acceptors (Lipinski definition) is 5. The van der Waals surface area contributed by atoms with Gasteiger partial charge in [0.05, 0.1) is 24.3 Å². The van der Waals surface area contributed by atoms with Crippen LogP contribution in [0.3, 0.4) is 0 Å². The molecular formula is C27H27BrClNO4. The average molecular weight is 545 g/mol. The van der Waals surface area contributed by atoms with Crippen LogP contribution in [0.2, 0.25) is 5.02 Å². The molecule has 3 aromatic carbocycles. The number of hydrogen-bond donors (Lipinski definition) is 2. The van der Waals surface area contributed by atoms with Crippen molar-refractivity contribution in [3.8, 4) is 22.6 Å². The molecule has 3 aromatic rings. The highest BCUT2D eigenvalue weighted by molar-refractivity contribution is 9.10. The molecule has 1 aliphatic carbocycles. The fraction of sp³-hybridized carbons (Fsp3) is 0.296. The molecule has 7 heteroatoms. The lowest BCUT2D eigenvalue weighted by Gasteiger charge is -2.18. The Bertz CT molecular complexity index is 1120. The first-order valence-corrected chi connectivity index (χ1v) is 12.5. The van der Waals surface area contributed by atoms with Gasteiger partial charge in [-0.2, -0.15) is 0 Å². The summed E-state index contributed by atoms with van der Waals surface area (Å²) in [6.45, 7) is 1.04. The zero-order valence-corrected chi connectivity index (χ0v) is 21.0. The lowest BCUT2D eigenvalue weighted by atomic mass is 10.0. The number of halogens is 2. The first kappa shape index (κ1) is 24.7. The fourth-order valence-electron chi connectivity index (χ4n) is 3.54. The number of benzene rings is 3. The van der Waals surface area contributed by atoms with Gasteiger partial charge < -0.3 is 24.7 Å². The second kappa shape index (κ2) is 11.8. The Morgan fingerprint density at radius 3 is 2.56 bits per heavy atom. The predicted octanol–water partition coefficient (Wildman–Crippen LogP) is 5.79. The zero-order valence-electron chi connectivity index (χ0n) is 18.7. The molecule has 0 amide bonds. The number of carbonyl (C=O) groups excluding carboxylic acids is 1. The number of nitrogens with one attached hydrogen (secondary N) is 1. The third kappa shape index (κ3) is 6.39. The quantitative estimate of drug-likeness (QED) is 0.283. The van der Waals surface area contributed by atoms with Gasteiger partial charge in [0.15, 0.2) is 0 Å². The van der Waals surface area contributed by atoms with E-state index < -0.39 is 6.04 Å². The minimum atomic E-state index is -0.639. The maximum Gasteiger partial charge on any atom is 0.142 e. The monoisotopic (exact) mass is 543 g/mol. The molecule has 2 N–H and O–H groups in total. The second-order valence-corrected chi connectivity index (χ2v) is 9.58. The lowest BCUT2D eigenvalue weighted by Crippen LogP contribution is -2.33. The summed E-state index contributed by atoms with van der Waals surface area (Å²) >= 11 is 10.3. The first-order valence-electron chi connectivity index (χ1n) is 11.3. The van der Waals surface area contributed by atoms with Crippen LogP contribution in [0, 0.1) is 5.92 Å². The summed E-state index contributed by atoms with van der Waals surface area (Å²) in [4.78, 5) is 11.0. The highest BCUT2D eigenvalue weighted by atomic mass is 79.9. The van der Waals surface area contributed by atoms with Gasteiger partial charge in [0.2, 0.25) is 0 Å². The summed E-state index contributed by atoms with van der Waals surface area (Å²) in [5.74, 6) is 1.78. The van der Waals surface area contributed by atoms with Gasteiger partial charge in [-0.1, -0.05) is 60.1 Å². The summed E-state index contributed by atoms with van der Waals surface area (Å²) in [7, 11) is 0. The van der Waals surface area contributed by atoms with Crippen molar-refractivity contribution in [1.29, 1.82) is 0 Å². The Morgan fingerprint density at radius 2 is 1.85 bits per heavy atom. The Labute approximate surface area is 213 Å². The summed E-state index contributed by atoms with van der Waals surface area (Å²) in [5, 5.41) is 12.7. The van der Waals surface area contributed by atoms with E-state index in [4.69, 9.17) is 21.1 Å². The topological polar surface area (TPSA) is 67.8 Å². The minimum Gasteiger partial charge on any atom is -0.493 e. The van der Waals surface area contributed by atoms with E-state index in [0.29, 0.717) is 48.5 Å². The van der Waals surface area contributed by atoms with Crippen LogP contribution >= 0.6 is 27.5 Å². The van der Waals surface area contributed by atoms with Crippen molar-refractivity contribution in [1.82, 2.24) is 5.32 Å². The zero-order chi connectivity index (χ0) is 23.9. The Hall–Kier alpha value is -2.38. The van der Waals surface area contributed by atoms with Crippen molar-refractivity contribution in [2.24, 2.45) is 5.92 Å². The molecule has 0 bridgehead atoms. The number of carbonyl (C=O) groups is 1. The molecular weight excluding hydrogens is 518 g/mol. The SMILES string of the molecule is O=CC(CO)NCc1cc(Cl)c(OCc2cccc(-c3ccccc3)c2Br)cc1OCC1CC1. The molecule has 0 heterocycles. The van der Waals surface area contributed by atoms with Crippen molar-refractivity contribution in [2.75, 3.05) is 13.2 Å². The van der Waals surface area contributed by atoms with E-state index in [1.54, 1.807) is 6.07 Å². The third-order valence-electron chi connectivity index (χ3n) is 5.75. The third-order valence-corrected chi connectivity index (χ3v) is 6.98. The molecule has 0 aliphatic heterocycles.